The van der Waals surface area contributed by atoms with Gasteiger partial charge in [0.15, 0.2) is 0 Å². The second-order valence-corrected chi connectivity index (χ2v) is 8.39. The average Bonchev–Trinajstić information content (AvgIpc) is 3.10. The van der Waals surface area contributed by atoms with Gasteiger partial charge in [-0.15, -0.1) is 0 Å². The summed E-state index contributed by atoms with van der Waals surface area (Å²) in [4.78, 5) is 39.0. The maximum atomic E-state index is 12.9. The number of nitrogens with zero attached hydrogens (tertiary/aromatic N) is 1. The van der Waals surface area contributed by atoms with Crippen molar-refractivity contribution < 1.29 is 19.5 Å². The standard InChI is InChI=1S/C24H36N2O4/c1-5-17(6-2)13-20(25-16(4)27)23-19(22(28)7-3)14-21(24(29)30)26(23)15-18-11-9-8-10-12-18/h8-12,17,19-21,23H,5-7,13-15H2,1-4H3,(H,25,27)(H,29,30)/t19-,20-,21+,23+/m0/s1. The number of carboxylic acid groups (broad SMARTS) is 1. The SMILES string of the molecule is CCC(=O)[C@@H]1C[C@H](C(=O)O)N(Cc2ccccc2)[C@H]1[C@H](CC(CC)CC)NC(C)=O. The summed E-state index contributed by atoms with van der Waals surface area (Å²) < 4.78 is 0. The predicted molar refractivity (Wildman–Crippen MR) is 117 cm³/mol. The topological polar surface area (TPSA) is 86.7 Å². The number of aliphatic carboxylic acids is 1. The first-order chi connectivity index (χ1) is 14.3. The third-order valence-electron chi connectivity index (χ3n) is 6.47. The van der Waals surface area contributed by atoms with E-state index in [2.05, 4.69) is 19.2 Å². The Bertz CT molecular complexity index is 717. The number of carbonyl (C=O) groups is 3. The van der Waals surface area contributed by atoms with Gasteiger partial charge in [-0.05, 0) is 24.3 Å². The lowest BCUT2D eigenvalue weighted by atomic mass is 9.83. The van der Waals surface area contributed by atoms with Crippen LogP contribution in [0.1, 0.15) is 65.4 Å². The lowest BCUT2D eigenvalue weighted by molar-refractivity contribution is -0.143. The number of amides is 1. The Labute approximate surface area is 180 Å². The van der Waals surface area contributed by atoms with E-state index in [0.29, 0.717) is 25.3 Å². The zero-order valence-corrected chi connectivity index (χ0v) is 18.6. The minimum absolute atomic E-state index is 0.0710. The van der Waals surface area contributed by atoms with E-state index in [1.807, 2.05) is 42.2 Å². The van der Waals surface area contributed by atoms with Crippen LogP contribution in [0.25, 0.3) is 0 Å². The molecule has 1 heterocycles. The highest BCUT2D eigenvalue weighted by Crippen LogP contribution is 2.37. The Balaban J connectivity index is 2.48. The molecule has 0 saturated carbocycles. The summed E-state index contributed by atoms with van der Waals surface area (Å²) in [5.74, 6) is -0.979. The largest absolute Gasteiger partial charge is 0.480 e. The summed E-state index contributed by atoms with van der Waals surface area (Å²) in [6.45, 7) is 8.01. The van der Waals surface area contributed by atoms with Crippen LogP contribution in [0.4, 0.5) is 0 Å². The zero-order chi connectivity index (χ0) is 22.3. The molecule has 0 bridgehead atoms. The number of hydrogen-bond acceptors (Lipinski definition) is 4. The lowest BCUT2D eigenvalue weighted by Crippen LogP contribution is -2.54. The molecule has 0 aromatic heterocycles. The number of Topliss-reactive ketones (excluding diaryl/α,β-unsaturated/α-hetero) is 1. The Morgan fingerprint density at radius 3 is 2.27 bits per heavy atom. The molecule has 0 unspecified atom stereocenters. The van der Waals surface area contributed by atoms with Crippen LogP contribution in [0, 0.1) is 11.8 Å². The van der Waals surface area contributed by atoms with Crippen molar-refractivity contribution in [2.45, 2.75) is 84.5 Å². The maximum Gasteiger partial charge on any atom is 0.320 e. The van der Waals surface area contributed by atoms with E-state index in [1.165, 1.54) is 6.92 Å². The average molecular weight is 417 g/mol. The van der Waals surface area contributed by atoms with Gasteiger partial charge in [0.05, 0.1) is 0 Å². The summed E-state index contributed by atoms with van der Waals surface area (Å²) in [6, 6.07) is 8.40. The van der Waals surface area contributed by atoms with E-state index >= 15 is 0 Å². The van der Waals surface area contributed by atoms with Gasteiger partial charge in [0.1, 0.15) is 11.8 Å². The van der Waals surface area contributed by atoms with Crippen LogP contribution in [0.5, 0.6) is 0 Å². The number of likely N-dealkylation sites (tertiary alicyclic amines) is 1. The lowest BCUT2D eigenvalue weighted by Gasteiger charge is -2.37. The number of benzene rings is 1. The molecule has 30 heavy (non-hydrogen) atoms. The highest BCUT2D eigenvalue weighted by molar-refractivity contribution is 5.84. The van der Waals surface area contributed by atoms with Crippen molar-refractivity contribution in [3.63, 3.8) is 0 Å². The quantitative estimate of drug-likeness (QED) is 0.575. The molecular formula is C24H36N2O4. The van der Waals surface area contributed by atoms with Gasteiger partial charge in [-0.1, -0.05) is 63.9 Å². The van der Waals surface area contributed by atoms with Gasteiger partial charge in [-0.3, -0.25) is 19.3 Å². The van der Waals surface area contributed by atoms with Crippen molar-refractivity contribution in [1.82, 2.24) is 10.2 Å². The molecule has 1 aromatic carbocycles. The van der Waals surface area contributed by atoms with Crippen LogP contribution in [0.3, 0.4) is 0 Å². The second kappa shape index (κ2) is 11.3. The van der Waals surface area contributed by atoms with Gasteiger partial charge >= 0.3 is 5.97 Å². The fourth-order valence-electron chi connectivity index (χ4n) is 4.83. The Kier molecular flexibility index (Phi) is 9.03. The molecule has 2 N–H and O–H groups in total. The molecule has 166 valence electrons. The van der Waals surface area contributed by atoms with Crippen molar-refractivity contribution in [3.8, 4) is 0 Å². The summed E-state index contributed by atoms with van der Waals surface area (Å²) in [6.07, 6.45) is 3.35. The summed E-state index contributed by atoms with van der Waals surface area (Å²) in [5.41, 5.74) is 1.00. The van der Waals surface area contributed by atoms with Crippen molar-refractivity contribution in [1.29, 1.82) is 0 Å². The minimum atomic E-state index is -0.911. The fraction of sp³-hybridized carbons (Fsp3) is 0.625. The van der Waals surface area contributed by atoms with Gasteiger partial charge < -0.3 is 10.4 Å². The Morgan fingerprint density at radius 2 is 1.77 bits per heavy atom. The molecule has 1 aliphatic heterocycles. The number of hydrogen-bond donors (Lipinski definition) is 2. The molecule has 6 nitrogen and oxygen atoms in total. The third-order valence-corrected chi connectivity index (χ3v) is 6.47. The van der Waals surface area contributed by atoms with Crippen LogP contribution in [-0.4, -0.2) is 45.8 Å². The van der Waals surface area contributed by atoms with Gasteiger partial charge in [-0.25, -0.2) is 0 Å². The van der Waals surface area contributed by atoms with Crippen molar-refractivity contribution in [2.24, 2.45) is 11.8 Å². The molecule has 0 radical (unpaired) electrons. The van der Waals surface area contributed by atoms with Crippen LogP contribution in [0.2, 0.25) is 0 Å². The zero-order valence-electron chi connectivity index (χ0n) is 18.6. The molecule has 1 aliphatic rings. The summed E-state index contributed by atoms with van der Waals surface area (Å²) in [7, 11) is 0. The van der Waals surface area contributed by atoms with Gasteiger partial charge in [0.25, 0.3) is 0 Å². The molecule has 1 fully saturated rings. The van der Waals surface area contributed by atoms with E-state index in [9.17, 15) is 19.5 Å². The Morgan fingerprint density at radius 1 is 1.13 bits per heavy atom. The predicted octanol–water partition coefficient (Wildman–Crippen LogP) is 3.64. The normalized spacial score (nSPS) is 22.8. The van der Waals surface area contributed by atoms with Gasteiger partial charge in [0, 0.05) is 37.9 Å². The smallest absolute Gasteiger partial charge is 0.320 e. The number of carboxylic acids is 1. The maximum absolute atomic E-state index is 12.9. The van der Waals surface area contributed by atoms with Gasteiger partial charge in [0.2, 0.25) is 5.91 Å². The summed E-state index contributed by atoms with van der Waals surface area (Å²) in [5, 5.41) is 13.0. The fourth-order valence-corrected chi connectivity index (χ4v) is 4.83. The van der Waals surface area contributed by atoms with Crippen LogP contribution in [-0.2, 0) is 20.9 Å². The van der Waals surface area contributed by atoms with E-state index in [0.717, 1.165) is 24.8 Å². The van der Waals surface area contributed by atoms with Crippen molar-refractivity contribution >= 4 is 17.7 Å². The number of rotatable bonds is 11. The molecule has 6 heteroatoms. The number of ketones is 1. The van der Waals surface area contributed by atoms with Crippen LogP contribution >= 0.6 is 0 Å². The highest BCUT2D eigenvalue weighted by atomic mass is 16.4. The summed E-state index contributed by atoms with van der Waals surface area (Å²) >= 11 is 0. The van der Waals surface area contributed by atoms with Crippen LogP contribution < -0.4 is 5.32 Å². The first-order valence-corrected chi connectivity index (χ1v) is 11.1. The van der Waals surface area contributed by atoms with Crippen molar-refractivity contribution in [3.05, 3.63) is 35.9 Å². The van der Waals surface area contributed by atoms with E-state index in [1.54, 1.807) is 0 Å². The number of nitrogens with one attached hydrogen (secondary N) is 1. The molecule has 1 saturated heterocycles. The molecular weight excluding hydrogens is 380 g/mol. The molecule has 0 spiro atoms. The minimum Gasteiger partial charge on any atom is -0.480 e. The van der Waals surface area contributed by atoms with Gasteiger partial charge in [-0.2, -0.15) is 0 Å². The van der Waals surface area contributed by atoms with E-state index < -0.39 is 17.9 Å². The molecule has 0 aliphatic carbocycles. The third kappa shape index (κ3) is 5.91. The monoisotopic (exact) mass is 416 g/mol. The Hall–Kier alpha value is -2.21. The van der Waals surface area contributed by atoms with E-state index in [-0.39, 0.29) is 23.8 Å². The first kappa shape index (κ1) is 24.1. The molecule has 2 rings (SSSR count). The molecule has 1 amide bonds. The first-order valence-electron chi connectivity index (χ1n) is 11.1. The molecule has 1 aromatic rings. The molecule has 4 atom stereocenters. The van der Waals surface area contributed by atoms with Crippen molar-refractivity contribution in [2.75, 3.05) is 0 Å². The highest BCUT2D eigenvalue weighted by Gasteiger charge is 2.50. The van der Waals surface area contributed by atoms with E-state index in [4.69, 9.17) is 0 Å². The second-order valence-electron chi connectivity index (χ2n) is 8.39. The number of carbonyl (C=O) groups excluding carboxylic acids is 2. The van der Waals surface area contributed by atoms with Crippen LogP contribution in [0.15, 0.2) is 30.3 Å².